The fourth-order valence-corrected chi connectivity index (χ4v) is 3.25. The van der Waals surface area contributed by atoms with E-state index >= 15 is 0 Å². The molecule has 0 aromatic heterocycles. The zero-order valence-corrected chi connectivity index (χ0v) is 14.3. The van der Waals surface area contributed by atoms with Crippen LogP contribution < -0.4 is 5.32 Å². The van der Waals surface area contributed by atoms with Crippen molar-refractivity contribution in [3.63, 3.8) is 0 Å². The van der Waals surface area contributed by atoms with Crippen LogP contribution in [-0.4, -0.2) is 55.7 Å². The van der Waals surface area contributed by atoms with Crippen LogP contribution in [0.2, 0.25) is 0 Å². The topological polar surface area (TPSA) is 104 Å². The minimum atomic E-state index is -3.43. The maximum atomic E-state index is 12.2. The van der Waals surface area contributed by atoms with Gasteiger partial charge in [-0.05, 0) is 51.2 Å². The number of carboxylic acid groups (broad SMARTS) is 1. The molecule has 0 fully saturated rings. The van der Waals surface area contributed by atoms with Gasteiger partial charge in [0, 0.05) is 12.6 Å². The van der Waals surface area contributed by atoms with Crippen molar-refractivity contribution in [1.29, 1.82) is 0 Å². The number of anilines is 1. The fraction of sp³-hybridized carbons (Fsp3) is 0.467. The van der Waals surface area contributed by atoms with Crippen molar-refractivity contribution in [3.05, 3.63) is 24.3 Å². The van der Waals surface area contributed by atoms with Gasteiger partial charge in [-0.2, -0.15) is 0 Å². The molecule has 0 aliphatic heterocycles. The average Bonchev–Trinajstić information content (AvgIpc) is 2.45. The maximum absolute atomic E-state index is 12.2. The first-order valence-corrected chi connectivity index (χ1v) is 8.82. The molecule has 1 aromatic carbocycles. The van der Waals surface area contributed by atoms with E-state index in [0.29, 0.717) is 18.7 Å². The minimum Gasteiger partial charge on any atom is -0.480 e. The van der Waals surface area contributed by atoms with E-state index < -0.39 is 21.8 Å². The van der Waals surface area contributed by atoms with Gasteiger partial charge in [0.25, 0.3) is 0 Å². The van der Waals surface area contributed by atoms with Gasteiger partial charge in [-0.15, -0.1) is 0 Å². The predicted octanol–water partition coefficient (Wildman–Crippen LogP) is 1.21. The number of nitrogens with zero attached hydrogens (tertiary/aromatic N) is 1. The first-order valence-electron chi connectivity index (χ1n) is 7.17. The predicted molar refractivity (Wildman–Crippen MR) is 87.1 cm³/mol. The Bertz CT molecular complexity index is 655. The summed E-state index contributed by atoms with van der Waals surface area (Å²) in [4.78, 5) is 23.5. The number of rotatable bonds is 8. The molecule has 0 aliphatic rings. The molecule has 0 heterocycles. The summed E-state index contributed by atoms with van der Waals surface area (Å²) >= 11 is 0. The van der Waals surface area contributed by atoms with Crippen LogP contribution in [0.3, 0.4) is 0 Å². The van der Waals surface area contributed by atoms with Crippen molar-refractivity contribution in [3.8, 4) is 0 Å². The molecular formula is C15H22N2O5S. The monoisotopic (exact) mass is 342 g/mol. The lowest BCUT2D eigenvalue weighted by atomic mass is 10.3. The van der Waals surface area contributed by atoms with Crippen molar-refractivity contribution in [2.75, 3.05) is 24.7 Å². The second kappa shape index (κ2) is 8.07. The first-order chi connectivity index (χ1) is 10.6. The smallest absolute Gasteiger partial charge is 0.320 e. The summed E-state index contributed by atoms with van der Waals surface area (Å²) in [5.74, 6) is -1.23. The maximum Gasteiger partial charge on any atom is 0.320 e. The quantitative estimate of drug-likeness (QED) is 0.736. The number of amides is 1. The van der Waals surface area contributed by atoms with E-state index in [2.05, 4.69) is 5.32 Å². The number of nitrogens with one attached hydrogen (secondary N) is 1. The van der Waals surface area contributed by atoms with Crippen LogP contribution in [0.15, 0.2) is 29.2 Å². The molecule has 0 saturated carbocycles. The Kier molecular flexibility index (Phi) is 6.71. The molecule has 0 saturated heterocycles. The summed E-state index contributed by atoms with van der Waals surface area (Å²) in [7, 11) is -1.79. The van der Waals surface area contributed by atoms with Crippen LogP contribution in [0.1, 0.15) is 20.3 Å². The Balaban J connectivity index is 2.62. The first kappa shape index (κ1) is 19.1. The third-order valence-corrected chi connectivity index (χ3v) is 5.29. The summed E-state index contributed by atoms with van der Waals surface area (Å²) in [5.41, 5.74) is 0.534. The number of sulfone groups is 1. The van der Waals surface area contributed by atoms with Gasteiger partial charge < -0.3 is 10.4 Å². The van der Waals surface area contributed by atoms with Crippen LogP contribution in [-0.2, 0) is 19.4 Å². The van der Waals surface area contributed by atoms with Crippen molar-refractivity contribution in [1.82, 2.24) is 4.90 Å². The molecule has 0 bridgehead atoms. The summed E-state index contributed by atoms with van der Waals surface area (Å²) in [5, 5.41) is 11.5. The standard InChI is InChI=1S/C15H22N2O5S/c1-11(15(19)20)17(3)9-4-10-23(21,22)14-7-5-13(6-8-14)16-12(2)18/h5-8,11H,4,9-10H2,1-3H3,(H,16,18)(H,19,20). The number of likely N-dealkylation sites (N-methyl/N-ethyl adjacent to an activating group) is 1. The second-order valence-electron chi connectivity index (χ2n) is 5.37. The number of carbonyl (C=O) groups is 2. The molecule has 2 N–H and O–H groups in total. The highest BCUT2D eigenvalue weighted by Crippen LogP contribution is 2.16. The van der Waals surface area contributed by atoms with Crippen LogP contribution in [0, 0.1) is 0 Å². The molecule has 8 heteroatoms. The summed E-state index contributed by atoms with van der Waals surface area (Å²) in [6.45, 7) is 3.30. The Morgan fingerprint density at radius 1 is 1.26 bits per heavy atom. The van der Waals surface area contributed by atoms with E-state index in [0.717, 1.165) is 0 Å². The highest BCUT2D eigenvalue weighted by atomic mass is 32.2. The molecule has 1 rings (SSSR count). The fourth-order valence-electron chi connectivity index (χ4n) is 1.95. The summed E-state index contributed by atoms with van der Waals surface area (Å²) in [6.07, 6.45) is 0.337. The van der Waals surface area contributed by atoms with E-state index in [1.165, 1.54) is 31.2 Å². The number of carbonyl (C=O) groups excluding carboxylic acids is 1. The van der Waals surface area contributed by atoms with Crippen LogP contribution >= 0.6 is 0 Å². The lowest BCUT2D eigenvalue weighted by molar-refractivity contribution is -0.142. The van der Waals surface area contributed by atoms with E-state index in [4.69, 9.17) is 5.11 Å². The van der Waals surface area contributed by atoms with Crippen molar-refractivity contribution in [2.45, 2.75) is 31.2 Å². The van der Waals surface area contributed by atoms with Gasteiger partial charge in [0.1, 0.15) is 6.04 Å². The molecule has 0 radical (unpaired) electrons. The molecule has 1 atom stereocenters. The Morgan fingerprint density at radius 3 is 2.30 bits per heavy atom. The highest BCUT2D eigenvalue weighted by Gasteiger charge is 2.18. The van der Waals surface area contributed by atoms with E-state index in [1.807, 2.05) is 0 Å². The third kappa shape index (κ3) is 5.99. The Morgan fingerprint density at radius 2 is 1.83 bits per heavy atom. The minimum absolute atomic E-state index is 0.0663. The number of carboxylic acids is 1. The largest absolute Gasteiger partial charge is 0.480 e. The van der Waals surface area contributed by atoms with Crippen LogP contribution in [0.25, 0.3) is 0 Å². The van der Waals surface area contributed by atoms with Gasteiger partial charge in [0.2, 0.25) is 5.91 Å². The number of hydrogen-bond acceptors (Lipinski definition) is 5. The van der Waals surface area contributed by atoms with Gasteiger partial charge in [0.05, 0.1) is 10.6 Å². The summed E-state index contributed by atoms with van der Waals surface area (Å²) < 4.78 is 24.5. The second-order valence-corrected chi connectivity index (χ2v) is 7.48. The van der Waals surface area contributed by atoms with Crippen molar-refractivity contribution < 1.29 is 23.1 Å². The molecule has 1 aromatic rings. The van der Waals surface area contributed by atoms with Gasteiger partial charge >= 0.3 is 5.97 Å². The molecular weight excluding hydrogens is 320 g/mol. The average molecular weight is 342 g/mol. The van der Waals surface area contributed by atoms with Gasteiger partial charge in [0.15, 0.2) is 9.84 Å². The van der Waals surface area contributed by atoms with Crippen LogP contribution in [0.5, 0.6) is 0 Å². The van der Waals surface area contributed by atoms with E-state index in [1.54, 1.807) is 18.9 Å². The molecule has 23 heavy (non-hydrogen) atoms. The molecule has 128 valence electrons. The number of hydrogen-bond donors (Lipinski definition) is 2. The Labute approximate surface area is 136 Å². The van der Waals surface area contributed by atoms with Crippen molar-refractivity contribution in [2.24, 2.45) is 0 Å². The number of benzene rings is 1. The van der Waals surface area contributed by atoms with Gasteiger partial charge in [-0.25, -0.2) is 8.42 Å². The SMILES string of the molecule is CC(=O)Nc1ccc(S(=O)(=O)CCCN(C)C(C)C(=O)O)cc1. The third-order valence-electron chi connectivity index (χ3n) is 3.48. The van der Waals surface area contributed by atoms with E-state index in [9.17, 15) is 18.0 Å². The molecule has 1 unspecified atom stereocenters. The highest BCUT2D eigenvalue weighted by molar-refractivity contribution is 7.91. The number of aliphatic carboxylic acids is 1. The lowest BCUT2D eigenvalue weighted by Gasteiger charge is -2.20. The van der Waals surface area contributed by atoms with Crippen molar-refractivity contribution >= 4 is 27.4 Å². The van der Waals surface area contributed by atoms with Gasteiger partial charge in [-0.1, -0.05) is 0 Å². The molecule has 0 aliphatic carbocycles. The Hall–Kier alpha value is -1.93. The summed E-state index contributed by atoms with van der Waals surface area (Å²) in [6, 6.07) is 5.31. The molecule has 0 spiro atoms. The van der Waals surface area contributed by atoms with E-state index in [-0.39, 0.29) is 16.6 Å². The lowest BCUT2D eigenvalue weighted by Crippen LogP contribution is -2.36. The van der Waals surface area contributed by atoms with Crippen LogP contribution in [0.4, 0.5) is 5.69 Å². The zero-order valence-electron chi connectivity index (χ0n) is 13.4. The molecule has 1 amide bonds. The normalized spacial score (nSPS) is 12.9. The molecule has 7 nitrogen and oxygen atoms in total. The van der Waals surface area contributed by atoms with Gasteiger partial charge in [-0.3, -0.25) is 14.5 Å². The zero-order chi connectivity index (χ0) is 17.6.